The second-order valence-corrected chi connectivity index (χ2v) is 21.7. The Kier molecular flexibility index (Phi) is 51.7. The minimum atomic E-state index is -1.92. The number of ether oxygens (including phenoxy) is 5. The van der Waals surface area contributed by atoms with E-state index in [9.17, 15) is 34.5 Å². The normalized spacial score (nSPS) is 18.4. The summed E-state index contributed by atoms with van der Waals surface area (Å²) >= 11 is 0. The second kappa shape index (κ2) is 56.1. The van der Waals surface area contributed by atoms with Crippen molar-refractivity contribution in [2.45, 2.75) is 302 Å². The van der Waals surface area contributed by atoms with Crippen molar-refractivity contribution in [1.82, 2.24) is 0 Å². The van der Waals surface area contributed by atoms with Crippen LogP contribution in [0.3, 0.4) is 0 Å². The van der Waals surface area contributed by atoms with Gasteiger partial charge in [-0.05, 0) is 122 Å². The predicted octanol–water partition coefficient (Wildman–Crippen LogP) is 17.2. The summed E-state index contributed by atoms with van der Waals surface area (Å²) in [6, 6.07) is 0. The number of aliphatic hydroxyl groups is 2. The van der Waals surface area contributed by atoms with Gasteiger partial charge in [-0.2, -0.15) is 0 Å². The third kappa shape index (κ3) is 45.8. The Hall–Kier alpha value is -4.36. The highest BCUT2D eigenvalue weighted by Crippen LogP contribution is 2.26. The van der Waals surface area contributed by atoms with Crippen LogP contribution >= 0.6 is 0 Å². The molecule has 0 aromatic heterocycles. The molecule has 0 spiro atoms. The monoisotopic (exact) mass is 1130 g/mol. The number of carboxylic acids is 1. The highest BCUT2D eigenvalue weighted by Gasteiger charge is 2.50. The lowest BCUT2D eigenvalue weighted by Gasteiger charge is -2.40. The van der Waals surface area contributed by atoms with Crippen molar-refractivity contribution in [2.24, 2.45) is 0 Å². The molecule has 0 bridgehead atoms. The number of allylic oxidation sites excluding steroid dienone is 16. The molecule has 6 unspecified atom stereocenters. The zero-order valence-corrected chi connectivity index (χ0v) is 51.0. The number of hydrogen-bond acceptors (Lipinski definition) is 11. The molecule has 1 aliphatic rings. The minimum absolute atomic E-state index is 0.0380. The van der Waals surface area contributed by atoms with Gasteiger partial charge < -0.3 is 39.0 Å². The number of unbranched alkanes of at least 4 members (excludes halogenated alkanes) is 24. The van der Waals surface area contributed by atoms with E-state index in [4.69, 9.17) is 23.7 Å². The number of esters is 3. The van der Waals surface area contributed by atoms with E-state index in [1.165, 1.54) is 57.8 Å². The SMILES string of the molecule is CC/C=C\C/C=C\C/C=C\C/C=C\CCCCCCCCC(=O)OC1C(OCC(COC(=O)CCCCCCCCC/C=C\C/C=C\CCCCC)OC(=O)CCCCCCC/C=C\C/C=C\CCCCC)OC(C(=O)O)C(O)C1O. The maximum Gasteiger partial charge on any atom is 0.335 e. The average Bonchev–Trinajstić information content (AvgIpc) is 3.54. The first kappa shape index (κ1) is 74.7. The molecule has 12 nitrogen and oxygen atoms in total. The van der Waals surface area contributed by atoms with Gasteiger partial charge in [0.15, 0.2) is 24.6 Å². The molecular weight excluding hydrogens is 1020 g/mol. The smallest absolute Gasteiger partial charge is 0.335 e. The van der Waals surface area contributed by atoms with Crippen LogP contribution in [0.15, 0.2) is 97.2 Å². The summed E-state index contributed by atoms with van der Waals surface area (Å²) in [4.78, 5) is 51.3. The topological polar surface area (TPSA) is 175 Å². The second-order valence-electron chi connectivity index (χ2n) is 21.7. The summed E-state index contributed by atoms with van der Waals surface area (Å²) in [5.74, 6) is -3.17. The van der Waals surface area contributed by atoms with Gasteiger partial charge in [0.25, 0.3) is 0 Å². The minimum Gasteiger partial charge on any atom is -0.479 e. The largest absolute Gasteiger partial charge is 0.479 e. The fourth-order valence-corrected chi connectivity index (χ4v) is 9.18. The summed E-state index contributed by atoms with van der Waals surface area (Å²) in [5.41, 5.74) is 0. The van der Waals surface area contributed by atoms with Crippen LogP contribution in [0.2, 0.25) is 0 Å². The first-order valence-electron chi connectivity index (χ1n) is 32.2. The van der Waals surface area contributed by atoms with E-state index in [-0.39, 0.29) is 25.9 Å². The molecule has 0 aromatic carbocycles. The van der Waals surface area contributed by atoms with Gasteiger partial charge in [0.1, 0.15) is 18.8 Å². The Labute approximate surface area is 492 Å². The summed E-state index contributed by atoms with van der Waals surface area (Å²) < 4.78 is 28.5. The van der Waals surface area contributed by atoms with Gasteiger partial charge in [0, 0.05) is 19.3 Å². The molecule has 0 radical (unpaired) electrons. The van der Waals surface area contributed by atoms with Gasteiger partial charge in [-0.1, -0.05) is 221 Å². The van der Waals surface area contributed by atoms with Crippen molar-refractivity contribution in [3.8, 4) is 0 Å². The van der Waals surface area contributed by atoms with Gasteiger partial charge in [0.05, 0.1) is 6.61 Å². The Balaban J connectivity index is 2.68. The predicted molar refractivity (Wildman–Crippen MR) is 331 cm³/mol. The van der Waals surface area contributed by atoms with Crippen LogP contribution in [0.5, 0.6) is 0 Å². The van der Waals surface area contributed by atoms with Crippen molar-refractivity contribution in [3.05, 3.63) is 97.2 Å². The van der Waals surface area contributed by atoms with Crippen LogP contribution in [-0.4, -0.2) is 89.2 Å². The molecule has 3 N–H and O–H groups in total. The first-order valence-corrected chi connectivity index (χ1v) is 32.2. The molecule has 0 amide bonds. The summed E-state index contributed by atoms with van der Waals surface area (Å²) in [7, 11) is 0. The Bertz CT molecular complexity index is 1780. The number of carbonyl (C=O) groups is 4. The Morgan fingerprint density at radius 2 is 0.778 bits per heavy atom. The summed E-state index contributed by atoms with van der Waals surface area (Å²) in [5, 5.41) is 31.6. The van der Waals surface area contributed by atoms with E-state index in [0.717, 1.165) is 148 Å². The van der Waals surface area contributed by atoms with Crippen molar-refractivity contribution < 1.29 is 58.2 Å². The van der Waals surface area contributed by atoms with Crippen molar-refractivity contribution >= 4 is 23.9 Å². The van der Waals surface area contributed by atoms with E-state index in [1.807, 2.05) is 0 Å². The van der Waals surface area contributed by atoms with Gasteiger partial charge in [-0.25, -0.2) is 4.79 Å². The quantitative estimate of drug-likeness (QED) is 0.0228. The molecule has 0 aliphatic carbocycles. The van der Waals surface area contributed by atoms with Crippen LogP contribution in [0.1, 0.15) is 265 Å². The number of aliphatic carboxylic acids is 1. The van der Waals surface area contributed by atoms with E-state index in [0.29, 0.717) is 19.3 Å². The highest BCUT2D eigenvalue weighted by molar-refractivity contribution is 5.74. The zero-order valence-electron chi connectivity index (χ0n) is 51.0. The van der Waals surface area contributed by atoms with Crippen LogP contribution < -0.4 is 0 Å². The molecule has 1 aliphatic heterocycles. The summed E-state index contributed by atoms with van der Waals surface area (Å²) in [6.07, 6.45) is 62.1. The van der Waals surface area contributed by atoms with Crippen LogP contribution in [0.4, 0.5) is 0 Å². The maximum atomic E-state index is 13.2. The lowest BCUT2D eigenvalue weighted by atomic mass is 9.98. The first-order chi connectivity index (χ1) is 39.6. The molecule has 0 aromatic rings. The molecule has 12 heteroatoms. The number of carbonyl (C=O) groups excluding carboxylic acids is 3. The molecule has 6 atom stereocenters. The van der Waals surface area contributed by atoms with Crippen LogP contribution in [0, 0.1) is 0 Å². The van der Waals surface area contributed by atoms with E-state index in [2.05, 4.69) is 118 Å². The van der Waals surface area contributed by atoms with Crippen molar-refractivity contribution in [2.75, 3.05) is 13.2 Å². The number of hydrogen-bond donors (Lipinski definition) is 3. The fraction of sp³-hybridized carbons (Fsp3) is 0.710. The lowest BCUT2D eigenvalue weighted by Crippen LogP contribution is -2.61. The molecule has 462 valence electrons. The molecule has 81 heavy (non-hydrogen) atoms. The van der Waals surface area contributed by atoms with Gasteiger partial charge in [-0.15, -0.1) is 0 Å². The van der Waals surface area contributed by atoms with Crippen LogP contribution in [0.25, 0.3) is 0 Å². The number of carboxylic acid groups (broad SMARTS) is 1. The Morgan fingerprint density at radius 1 is 0.420 bits per heavy atom. The lowest BCUT2D eigenvalue weighted by molar-refractivity contribution is -0.301. The molecule has 1 saturated heterocycles. The van der Waals surface area contributed by atoms with Crippen molar-refractivity contribution in [3.63, 3.8) is 0 Å². The van der Waals surface area contributed by atoms with E-state index >= 15 is 0 Å². The average molecular weight is 1140 g/mol. The molecule has 0 saturated carbocycles. The Morgan fingerprint density at radius 3 is 1.19 bits per heavy atom. The fourth-order valence-electron chi connectivity index (χ4n) is 9.18. The van der Waals surface area contributed by atoms with Crippen LogP contribution in [-0.2, 0) is 42.9 Å². The van der Waals surface area contributed by atoms with E-state index in [1.54, 1.807) is 0 Å². The van der Waals surface area contributed by atoms with Gasteiger partial charge in [-0.3, -0.25) is 14.4 Å². The number of aliphatic hydroxyl groups excluding tert-OH is 2. The van der Waals surface area contributed by atoms with Gasteiger partial charge >= 0.3 is 23.9 Å². The highest BCUT2D eigenvalue weighted by atomic mass is 16.7. The molecule has 1 heterocycles. The maximum absolute atomic E-state index is 13.2. The van der Waals surface area contributed by atoms with E-state index < -0.39 is 67.3 Å². The molecule has 1 fully saturated rings. The third-order valence-electron chi connectivity index (χ3n) is 14.1. The molecule has 1 rings (SSSR count). The standard InChI is InChI=1S/C69H114O12/c1-4-7-10-13-16-19-22-25-28-30-31-33-36-39-42-45-48-51-54-57-63(72)80-67-65(74)64(73)66(68(75)76)81-69(67)78-59-60(79-62(71)56-53-50-47-44-41-38-34-27-24-21-18-15-12-9-6-3)58-77-61(70)55-52-49-46-43-40-37-35-32-29-26-23-20-17-14-11-8-5-2/h7,10,16-21,25-29,31,33-34,60,64-67,69,73-74H,4-6,8-9,11-15,22-24,30,32,35-59H2,1-3H3,(H,75,76)/b10-7-,19-16-,20-17-,21-18-,28-25-,29-26-,33-31-,34-27-. The third-order valence-corrected chi connectivity index (χ3v) is 14.1. The summed E-state index contributed by atoms with van der Waals surface area (Å²) in [6.45, 7) is 5.82. The van der Waals surface area contributed by atoms with Gasteiger partial charge in [0.2, 0.25) is 0 Å². The van der Waals surface area contributed by atoms with Crippen molar-refractivity contribution in [1.29, 1.82) is 0 Å². The number of rotatable bonds is 54. The molecular formula is C69H114O12. The zero-order chi connectivity index (χ0) is 58.9.